The van der Waals surface area contributed by atoms with Crippen LogP contribution in [0.5, 0.6) is 0 Å². The van der Waals surface area contributed by atoms with E-state index in [0.717, 1.165) is 4.90 Å². The lowest BCUT2D eigenvalue weighted by Gasteiger charge is -2.35. The number of hydrogen-bond acceptors (Lipinski definition) is 2. The lowest BCUT2D eigenvalue weighted by atomic mass is 9.97. The molecule has 0 bridgehead atoms. The van der Waals surface area contributed by atoms with Crippen LogP contribution in [0.25, 0.3) is 0 Å². The van der Waals surface area contributed by atoms with Gasteiger partial charge >= 0.3 is 0 Å². The molecule has 1 atom stereocenters. The number of piperazine rings is 1. The minimum absolute atomic E-state index is 0.176. The van der Waals surface area contributed by atoms with Crippen LogP contribution in [-0.4, -0.2) is 29.8 Å². The third kappa shape index (κ3) is 2.54. The molecule has 1 heterocycles. The maximum Gasteiger partial charge on any atom is 0.282 e. The first kappa shape index (κ1) is 14.2. The third-order valence-electron chi connectivity index (χ3n) is 3.23. The summed E-state index contributed by atoms with van der Waals surface area (Å²) in [5, 5.41) is 2.62. The highest BCUT2D eigenvalue weighted by molar-refractivity contribution is 5.96. The van der Waals surface area contributed by atoms with Crippen LogP contribution in [0.1, 0.15) is 17.2 Å². The van der Waals surface area contributed by atoms with Gasteiger partial charge in [-0.2, -0.15) is 0 Å². The van der Waals surface area contributed by atoms with Crippen LogP contribution in [0.4, 0.5) is 8.78 Å². The number of rotatable bonds is 2. The van der Waals surface area contributed by atoms with Crippen LogP contribution in [-0.2, 0) is 9.59 Å². The highest BCUT2D eigenvalue weighted by atomic mass is 19.1. The summed E-state index contributed by atoms with van der Waals surface area (Å²) < 4.78 is 26.2. The predicted octanol–water partition coefficient (Wildman–Crippen LogP) is 1.62. The molecular weight excluding hydrogens is 266 g/mol. The zero-order valence-corrected chi connectivity index (χ0v) is 11.0. The Hall–Kier alpha value is -2.24. The number of aryl methyl sites for hydroxylation is 1. The van der Waals surface area contributed by atoms with Crippen LogP contribution < -0.4 is 5.32 Å². The van der Waals surface area contributed by atoms with Crippen molar-refractivity contribution in [1.82, 2.24) is 10.2 Å². The third-order valence-corrected chi connectivity index (χ3v) is 3.23. The first-order valence-corrected chi connectivity index (χ1v) is 6.11. The fourth-order valence-electron chi connectivity index (χ4n) is 2.30. The van der Waals surface area contributed by atoms with Crippen LogP contribution >= 0.6 is 0 Å². The van der Waals surface area contributed by atoms with Gasteiger partial charge < -0.3 is 10.2 Å². The second-order valence-corrected chi connectivity index (χ2v) is 4.60. The Morgan fingerprint density at radius 1 is 1.50 bits per heavy atom. The van der Waals surface area contributed by atoms with E-state index in [2.05, 4.69) is 11.9 Å². The van der Waals surface area contributed by atoms with Crippen molar-refractivity contribution in [3.05, 3.63) is 47.5 Å². The molecule has 1 unspecified atom stereocenters. The number of carbonyl (C=O) groups is 2. The van der Waals surface area contributed by atoms with E-state index in [4.69, 9.17) is 0 Å². The first-order valence-electron chi connectivity index (χ1n) is 6.11. The molecule has 6 heteroatoms. The van der Waals surface area contributed by atoms with Gasteiger partial charge in [0.1, 0.15) is 11.9 Å². The van der Waals surface area contributed by atoms with Crippen molar-refractivity contribution in [2.24, 2.45) is 0 Å². The van der Waals surface area contributed by atoms with Crippen LogP contribution in [0.2, 0.25) is 0 Å². The molecular formula is C14H14F2N2O2. The number of nitrogens with one attached hydrogen (secondary N) is 1. The highest BCUT2D eigenvalue weighted by Crippen LogP contribution is 2.27. The summed E-state index contributed by atoms with van der Waals surface area (Å²) in [7, 11) is 0. The topological polar surface area (TPSA) is 49.4 Å². The molecule has 106 valence electrons. The molecule has 1 aromatic rings. The monoisotopic (exact) mass is 280 g/mol. The van der Waals surface area contributed by atoms with Crippen molar-refractivity contribution < 1.29 is 18.4 Å². The first-order chi connectivity index (χ1) is 9.41. The van der Waals surface area contributed by atoms with Crippen molar-refractivity contribution in [2.45, 2.75) is 13.0 Å². The van der Waals surface area contributed by atoms with Gasteiger partial charge in [0.2, 0.25) is 5.91 Å². The second-order valence-electron chi connectivity index (χ2n) is 4.60. The van der Waals surface area contributed by atoms with Gasteiger partial charge in [0.15, 0.2) is 5.83 Å². The van der Waals surface area contributed by atoms with E-state index in [1.54, 1.807) is 6.92 Å². The maximum atomic E-state index is 13.1. The molecule has 0 aromatic heterocycles. The molecule has 1 aromatic carbocycles. The summed E-state index contributed by atoms with van der Waals surface area (Å²) in [6.45, 7) is 5.02. The molecule has 1 aliphatic heterocycles. The lowest BCUT2D eigenvalue weighted by Crippen LogP contribution is -2.52. The minimum atomic E-state index is -1.12. The number of amides is 2. The summed E-state index contributed by atoms with van der Waals surface area (Å²) in [5.74, 6) is -2.89. The van der Waals surface area contributed by atoms with E-state index < -0.39 is 29.5 Å². The Balaban J connectivity index is 2.44. The number of carbonyl (C=O) groups excluding carboxylic acids is 2. The van der Waals surface area contributed by atoms with Gasteiger partial charge in [-0.1, -0.05) is 12.6 Å². The Morgan fingerprint density at radius 2 is 2.20 bits per heavy atom. The average molecular weight is 280 g/mol. The molecule has 2 rings (SSSR count). The van der Waals surface area contributed by atoms with E-state index in [1.165, 1.54) is 18.2 Å². The predicted molar refractivity (Wildman–Crippen MR) is 68.8 cm³/mol. The molecule has 0 spiro atoms. The number of halogens is 2. The summed E-state index contributed by atoms with van der Waals surface area (Å²) in [6, 6.07) is 2.94. The van der Waals surface area contributed by atoms with Crippen molar-refractivity contribution in [3.8, 4) is 0 Å². The summed E-state index contributed by atoms with van der Waals surface area (Å²) in [4.78, 5) is 24.9. The Bertz CT molecular complexity index is 587. The average Bonchev–Trinajstić information content (AvgIpc) is 2.38. The number of hydrogen-bond donors (Lipinski definition) is 1. The molecule has 1 saturated heterocycles. The smallest absolute Gasteiger partial charge is 0.282 e. The van der Waals surface area contributed by atoms with Crippen LogP contribution in [0.3, 0.4) is 0 Å². The number of benzene rings is 1. The van der Waals surface area contributed by atoms with E-state index >= 15 is 0 Å². The van der Waals surface area contributed by atoms with E-state index in [1.807, 2.05) is 0 Å². The van der Waals surface area contributed by atoms with Crippen LogP contribution in [0.15, 0.2) is 30.6 Å². The minimum Gasteiger partial charge on any atom is -0.352 e. The molecule has 1 fully saturated rings. The fraction of sp³-hybridized carbons (Fsp3) is 0.286. The number of nitrogens with zero attached hydrogens (tertiary/aromatic N) is 1. The van der Waals surface area contributed by atoms with Crippen molar-refractivity contribution >= 4 is 11.8 Å². The van der Waals surface area contributed by atoms with Gasteiger partial charge in [-0.3, -0.25) is 9.59 Å². The van der Waals surface area contributed by atoms with Crippen LogP contribution in [0, 0.1) is 12.7 Å². The maximum absolute atomic E-state index is 13.1. The molecule has 0 saturated carbocycles. The quantitative estimate of drug-likeness (QED) is 0.837. The summed E-state index contributed by atoms with van der Waals surface area (Å²) in [6.07, 6.45) is 0. The standard InChI is InChI=1S/C14H14F2N2O2/c1-8-7-10(16)3-4-11(8)12-13(19)17-5-6-18(12)14(20)9(2)15/h3-4,7,12H,2,5-6H2,1H3,(H,17,19). The molecule has 0 radical (unpaired) electrons. The highest BCUT2D eigenvalue weighted by Gasteiger charge is 2.36. The van der Waals surface area contributed by atoms with Crippen molar-refractivity contribution in [2.75, 3.05) is 13.1 Å². The molecule has 1 N–H and O–H groups in total. The summed E-state index contributed by atoms with van der Waals surface area (Å²) >= 11 is 0. The second kappa shape index (κ2) is 5.40. The van der Waals surface area contributed by atoms with Crippen molar-refractivity contribution in [3.63, 3.8) is 0 Å². The lowest BCUT2D eigenvalue weighted by molar-refractivity contribution is -0.141. The van der Waals surface area contributed by atoms with Gasteiger partial charge in [0.05, 0.1) is 0 Å². The summed E-state index contributed by atoms with van der Waals surface area (Å²) in [5.41, 5.74) is 0.993. The molecule has 20 heavy (non-hydrogen) atoms. The zero-order valence-electron chi connectivity index (χ0n) is 11.0. The van der Waals surface area contributed by atoms with Gasteiger partial charge in [-0.25, -0.2) is 8.78 Å². The Morgan fingerprint density at radius 3 is 2.80 bits per heavy atom. The van der Waals surface area contributed by atoms with Gasteiger partial charge in [-0.15, -0.1) is 0 Å². The van der Waals surface area contributed by atoms with Gasteiger partial charge in [0.25, 0.3) is 5.91 Å². The molecule has 2 amide bonds. The molecule has 0 aliphatic carbocycles. The van der Waals surface area contributed by atoms with Crippen molar-refractivity contribution in [1.29, 1.82) is 0 Å². The fourth-order valence-corrected chi connectivity index (χ4v) is 2.30. The van der Waals surface area contributed by atoms with E-state index in [9.17, 15) is 18.4 Å². The Labute approximate surface area is 115 Å². The SMILES string of the molecule is C=C(F)C(=O)N1CCNC(=O)C1c1ccc(F)cc1C. The van der Waals surface area contributed by atoms with Gasteiger partial charge in [0, 0.05) is 13.1 Å². The van der Waals surface area contributed by atoms with E-state index in [0.29, 0.717) is 11.1 Å². The Kier molecular flexibility index (Phi) is 3.83. The zero-order chi connectivity index (χ0) is 14.9. The van der Waals surface area contributed by atoms with Gasteiger partial charge in [-0.05, 0) is 30.2 Å². The largest absolute Gasteiger partial charge is 0.352 e. The van der Waals surface area contributed by atoms with E-state index in [-0.39, 0.29) is 13.1 Å². The molecule has 1 aliphatic rings. The normalized spacial score (nSPS) is 18.6. The molecule has 4 nitrogen and oxygen atoms in total.